The summed E-state index contributed by atoms with van der Waals surface area (Å²) in [6, 6.07) is 0. The van der Waals surface area contributed by atoms with E-state index in [9.17, 15) is 9.59 Å². The normalized spacial score (nSPS) is 12.1. The second-order valence-electron chi connectivity index (χ2n) is 9.64. The van der Waals surface area contributed by atoms with E-state index < -0.39 is 0 Å². The highest BCUT2D eigenvalue weighted by atomic mass is 16.5. The quantitative estimate of drug-likeness (QED) is 0.176. The van der Waals surface area contributed by atoms with E-state index in [0.717, 1.165) is 38.5 Å². The largest absolute Gasteiger partial charge is 0.465 e. The van der Waals surface area contributed by atoms with Crippen LogP contribution >= 0.6 is 0 Å². The standard InChI is InChI=1S/C25H48O4/c1-7-24(3,4)22(26)28-20-18-16-14-12-10-9-11-13-15-17-19-21-29-23(27)25(5,6)8-2/h7-21H2,1-6H3. The fourth-order valence-corrected chi connectivity index (χ4v) is 2.80. The lowest BCUT2D eigenvalue weighted by Crippen LogP contribution is -2.26. The van der Waals surface area contributed by atoms with Crippen molar-refractivity contribution in [2.45, 2.75) is 125 Å². The predicted octanol–water partition coefficient (Wildman–Crippen LogP) is 7.24. The number of esters is 2. The van der Waals surface area contributed by atoms with Gasteiger partial charge in [-0.15, -0.1) is 0 Å². The highest BCUT2D eigenvalue weighted by Crippen LogP contribution is 2.22. The molecule has 0 heterocycles. The third kappa shape index (κ3) is 13.7. The van der Waals surface area contributed by atoms with Crippen LogP contribution in [0.15, 0.2) is 0 Å². The third-order valence-electron chi connectivity index (χ3n) is 6.13. The fourth-order valence-electron chi connectivity index (χ4n) is 2.80. The van der Waals surface area contributed by atoms with E-state index in [1.165, 1.54) is 44.9 Å². The zero-order valence-electron chi connectivity index (χ0n) is 20.2. The first kappa shape index (κ1) is 27.9. The molecule has 0 amide bonds. The molecule has 0 aromatic carbocycles. The number of ether oxygens (including phenoxy) is 2. The summed E-state index contributed by atoms with van der Waals surface area (Å²) in [4.78, 5) is 23.7. The number of hydrogen-bond acceptors (Lipinski definition) is 4. The van der Waals surface area contributed by atoms with Crippen LogP contribution in [0.1, 0.15) is 125 Å². The lowest BCUT2D eigenvalue weighted by molar-refractivity contribution is -0.155. The predicted molar refractivity (Wildman–Crippen MR) is 121 cm³/mol. The van der Waals surface area contributed by atoms with Gasteiger partial charge in [0.25, 0.3) is 0 Å². The van der Waals surface area contributed by atoms with Crippen LogP contribution in [0, 0.1) is 10.8 Å². The van der Waals surface area contributed by atoms with Crippen LogP contribution < -0.4 is 0 Å². The van der Waals surface area contributed by atoms with Crippen molar-refractivity contribution in [3.05, 3.63) is 0 Å². The second kappa shape index (κ2) is 15.7. The summed E-state index contributed by atoms with van der Waals surface area (Å²) in [6.45, 7) is 12.9. The van der Waals surface area contributed by atoms with Gasteiger partial charge in [-0.1, -0.05) is 71.6 Å². The smallest absolute Gasteiger partial charge is 0.311 e. The van der Waals surface area contributed by atoms with Gasteiger partial charge in [0.15, 0.2) is 0 Å². The van der Waals surface area contributed by atoms with E-state index in [-0.39, 0.29) is 22.8 Å². The summed E-state index contributed by atoms with van der Waals surface area (Å²) >= 11 is 0. The average molecular weight is 413 g/mol. The number of carbonyl (C=O) groups excluding carboxylic acids is 2. The fraction of sp³-hybridized carbons (Fsp3) is 0.920. The van der Waals surface area contributed by atoms with Gasteiger partial charge in [0, 0.05) is 0 Å². The van der Waals surface area contributed by atoms with Crippen molar-refractivity contribution in [2.24, 2.45) is 10.8 Å². The van der Waals surface area contributed by atoms with E-state index in [2.05, 4.69) is 0 Å². The topological polar surface area (TPSA) is 52.6 Å². The molecule has 0 spiro atoms. The van der Waals surface area contributed by atoms with Gasteiger partial charge in [-0.2, -0.15) is 0 Å². The van der Waals surface area contributed by atoms with Crippen LogP contribution in [-0.4, -0.2) is 25.2 Å². The number of unbranched alkanes of at least 4 members (excludes halogenated alkanes) is 10. The lowest BCUT2D eigenvalue weighted by atomic mass is 9.91. The van der Waals surface area contributed by atoms with Gasteiger partial charge in [0.2, 0.25) is 0 Å². The molecule has 0 N–H and O–H groups in total. The van der Waals surface area contributed by atoms with E-state index in [4.69, 9.17) is 9.47 Å². The second-order valence-corrected chi connectivity index (χ2v) is 9.64. The van der Waals surface area contributed by atoms with Gasteiger partial charge in [-0.25, -0.2) is 0 Å². The molecule has 0 saturated carbocycles. The number of carbonyl (C=O) groups is 2. The van der Waals surface area contributed by atoms with Crippen LogP contribution in [0.3, 0.4) is 0 Å². The maximum Gasteiger partial charge on any atom is 0.311 e. The van der Waals surface area contributed by atoms with Crippen LogP contribution in [0.25, 0.3) is 0 Å². The minimum Gasteiger partial charge on any atom is -0.465 e. The van der Waals surface area contributed by atoms with Crippen LogP contribution in [0.2, 0.25) is 0 Å². The van der Waals surface area contributed by atoms with Crippen molar-refractivity contribution in [1.82, 2.24) is 0 Å². The molecule has 0 aromatic rings. The average Bonchev–Trinajstić information content (AvgIpc) is 2.70. The number of rotatable bonds is 18. The van der Waals surface area contributed by atoms with Crippen LogP contribution in [0.5, 0.6) is 0 Å². The van der Waals surface area contributed by atoms with Gasteiger partial charge in [0.1, 0.15) is 0 Å². The van der Waals surface area contributed by atoms with Crippen molar-refractivity contribution in [3.63, 3.8) is 0 Å². The molecule has 0 bridgehead atoms. The molecule has 0 aromatic heterocycles. The Hall–Kier alpha value is -1.06. The van der Waals surface area contributed by atoms with Crippen LogP contribution in [-0.2, 0) is 19.1 Å². The monoisotopic (exact) mass is 412 g/mol. The molecular formula is C25H48O4. The highest BCUT2D eigenvalue weighted by Gasteiger charge is 2.27. The first-order chi connectivity index (χ1) is 13.7. The molecule has 0 radical (unpaired) electrons. The summed E-state index contributed by atoms with van der Waals surface area (Å²) in [5, 5.41) is 0. The summed E-state index contributed by atoms with van der Waals surface area (Å²) in [7, 11) is 0. The Morgan fingerprint density at radius 1 is 0.517 bits per heavy atom. The molecule has 0 fully saturated rings. The lowest BCUT2D eigenvalue weighted by Gasteiger charge is -2.20. The summed E-state index contributed by atoms with van der Waals surface area (Å²) in [5.41, 5.74) is -0.702. The Morgan fingerprint density at radius 2 is 0.759 bits per heavy atom. The summed E-state index contributed by atoms with van der Waals surface area (Å²) in [5.74, 6) is -0.133. The Balaban J connectivity index is 3.34. The SMILES string of the molecule is CCC(C)(C)C(=O)OCCCCCCCCCCCCCOC(=O)C(C)(C)CC. The minimum absolute atomic E-state index is 0.0667. The first-order valence-electron chi connectivity index (χ1n) is 12.0. The zero-order valence-corrected chi connectivity index (χ0v) is 20.2. The van der Waals surface area contributed by atoms with Gasteiger partial charge >= 0.3 is 11.9 Å². The molecule has 29 heavy (non-hydrogen) atoms. The molecule has 0 aliphatic carbocycles. The Bertz CT molecular complexity index is 400. The maximum atomic E-state index is 11.9. The molecule has 0 aliphatic heterocycles. The van der Waals surface area contributed by atoms with Gasteiger partial charge < -0.3 is 9.47 Å². The first-order valence-corrected chi connectivity index (χ1v) is 12.0. The van der Waals surface area contributed by atoms with E-state index in [1.807, 2.05) is 41.5 Å². The van der Waals surface area contributed by atoms with Crippen molar-refractivity contribution in [3.8, 4) is 0 Å². The molecule has 4 heteroatoms. The van der Waals surface area contributed by atoms with Crippen molar-refractivity contribution >= 4 is 11.9 Å². The van der Waals surface area contributed by atoms with Crippen molar-refractivity contribution < 1.29 is 19.1 Å². The maximum absolute atomic E-state index is 11.9. The van der Waals surface area contributed by atoms with Gasteiger partial charge in [0.05, 0.1) is 24.0 Å². The molecule has 0 unspecified atom stereocenters. The van der Waals surface area contributed by atoms with Gasteiger partial charge in [-0.3, -0.25) is 9.59 Å². The Morgan fingerprint density at radius 3 is 1.00 bits per heavy atom. The van der Waals surface area contributed by atoms with Crippen molar-refractivity contribution in [2.75, 3.05) is 13.2 Å². The Kier molecular flexibility index (Phi) is 15.2. The highest BCUT2D eigenvalue weighted by molar-refractivity contribution is 5.76. The molecular weight excluding hydrogens is 364 g/mol. The minimum atomic E-state index is -0.351. The number of hydrogen-bond donors (Lipinski definition) is 0. The van der Waals surface area contributed by atoms with E-state index >= 15 is 0 Å². The van der Waals surface area contributed by atoms with Crippen LogP contribution in [0.4, 0.5) is 0 Å². The molecule has 172 valence electrons. The third-order valence-corrected chi connectivity index (χ3v) is 6.13. The van der Waals surface area contributed by atoms with E-state index in [0.29, 0.717) is 13.2 Å². The molecule has 0 aliphatic rings. The molecule has 0 saturated heterocycles. The Labute approximate surface area is 180 Å². The molecule has 0 rings (SSSR count). The summed E-state index contributed by atoms with van der Waals surface area (Å²) in [6.07, 6.45) is 14.8. The molecule has 0 atom stereocenters. The zero-order chi connectivity index (χ0) is 22.2. The summed E-state index contributed by atoms with van der Waals surface area (Å²) < 4.78 is 10.7. The van der Waals surface area contributed by atoms with Crippen molar-refractivity contribution in [1.29, 1.82) is 0 Å². The van der Waals surface area contributed by atoms with E-state index in [1.54, 1.807) is 0 Å². The van der Waals surface area contributed by atoms with Gasteiger partial charge in [-0.05, 0) is 53.4 Å². The molecule has 4 nitrogen and oxygen atoms in total.